The molecular formula is C30H48O2. The van der Waals surface area contributed by atoms with Gasteiger partial charge < -0.3 is 5.11 Å². The second-order valence-electron chi connectivity index (χ2n) is 14.9. The lowest BCUT2D eigenvalue weighted by atomic mass is 9.32. The molecule has 9 unspecified atom stereocenters. The van der Waals surface area contributed by atoms with Gasteiger partial charge in [-0.2, -0.15) is 0 Å². The van der Waals surface area contributed by atoms with Crippen molar-refractivity contribution in [2.24, 2.45) is 56.7 Å². The first-order chi connectivity index (χ1) is 14.6. The smallest absolute Gasteiger partial charge is 0.161 e. The number of hydrogen-bond acceptors (Lipinski definition) is 2. The van der Waals surface area contributed by atoms with Crippen LogP contribution < -0.4 is 0 Å². The lowest BCUT2D eigenvalue weighted by Crippen LogP contribution is -2.67. The van der Waals surface area contributed by atoms with Gasteiger partial charge in [-0.1, -0.05) is 47.6 Å². The van der Waals surface area contributed by atoms with E-state index in [9.17, 15) is 9.90 Å². The molecule has 0 aromatic carbocycles. The molecule has 2 nitrogen and oxygen atoms in total. The summed E-state index contributed by atoms with van der Waals surface area (Å²) in [5.74, 6) is 3.14. The monoisotopic (exact) mass is 440 g/mol. The fourth-order valence-corrected chi connectivity index (χ4v) is 11.3. The molecule has 0 aromatic rings. The van der Waals surface area contributed by atoms with Crippen LogP contribution in [0.3, 0.4) is 0 Å². The Morgan fingerprint density at radius 3 is 2.06 bits per heavy atom. The quantitative estimate of drug-likeness (QED) is 0.468. The van der Waals surface area contributed by atoms with E-state index in [1.54, 1.807) is 0 Å². The Hall–Kier alpha value is -0.630. The van der Waals surface area contributed by atoms with Gasteiger partial charge in [0.15, 0.2) is 5.78 Å². The van der Waals surface area contributed by atoms with Crippen LogP contribution in [0.5, 0.6) is 0 Å². The predicted molar refractivity (Wildman–Crippen MR) is 131 cm³/mol. The molecule has 9 atom stereocenters. The highest BCUT2D eigenvalue weighted by atomic mass is 16.3. The molecule has 0 heterocycles. The molecule has 32 heavy (non-hydrogen) atoms. The fourth-order valence-electron chi connectivity index (χ4n) is 11.3. The molecule has 5 aliphatic carbocycles. The minimum absolute atomic E-state index is 0.108. The van der Waals surface area contributed by atoms with Crippen LogP contribution in [0.2, 0.25) is 0 Å². The highest BCUT2D eigenvalue weighted by Gasteiger charge is 2.71. The second-order valence-corrected chi connectivity index (χ2v) is 14.9. The van der Waals surface area contributed by atoms with E-state index in [2.05, 4.69) is 47.6 Å². The molecule has 0 spiro atoms. The lowest BCUT2D eigenvalue weighted by Gasteiger charge is -2.72. The summed E-state index contributed by atoms with van der Waals surface area (Å²) in [6.45, 7) is 19.0. The van der Waals surface area contributed by atoms with Gasteiger partial charge in [-0.05, 0) is 123 Å². The molecule has 5 rings (SSSR count). The molecule has 5 aliphatic rings. The number of carbonyl (C=O) groups excluding carboxylic acids is 1. The summed E-state index contributed by atoms with van der Waals surface area (Å²) in [7, 11) is 0. The number of hydrogen-bond donors (Lipinski definition) is 1. The summed E-state index contributed by atoms with van der Waals surface area (Å²) in [5, 5.41) is 11.0. The van der Waals surface area contributed by atoms with E-state index >= 15 is 0 Å². The van der Waals surface area contributed by atoms with Crippen molar-refractivity contribution in [1.29, 1.82) is 0 Å². The van der Waals surface area contributed by atoms with Crippen molar-refractivity contribution in [3.8, 4) is 0 Å². The van der Waals surface area contributed by atoms with Gasteiger partial charge in [0.25, 0.3) is 0 Å². The highest BCUT2D eigenvalue weighted by molar-refractivity contribution is 5.96. The largest absolute Gasteiger partial charge is 0.390 e. The number of rotatable bonds is 1. The van der Waals surface area contributed by atoms with Crippen molar-refractivity contribution in [2.75, 3.05) is 0 Å². The number of allylic oxidation sites excluding steroid dienone is 2. The molecule has 4 saturated carbocycles. The summed E-state index contributed by atoms with van der Waals surface area (Å²) in [4.78, 5) is 13.6. The Balaban J connectivity index is 1.55. The van der Waals surface area contributed by atoms with Crippen molar-refractivity contribution >= 4 is 5.78 Å². The molecule has 0 radical (unpaired) electrons. The average molecular weight is 441 g/mol. The van der Waals surface area contributed by atoms with Crippen LogP contribution in [0.15, 0.2) is 12.2 Å². The lowest BCUT2D eigenvalue weighted by molar-refractivity contribution is -0.230. The number of aliphatic hydroxyl groups is 1. The molecular weight excluding hydrogens is 392 g/mol. The fraction of sp³-hybridized carbons (Fsp3) is 0.900. The Morgan fingerprint density at radius 1 is 0.812 bits per heavy atom. The summed E-state index contributed by atoms with van der Waals surface area (Å²) in [5.41, 5.74) is 0.154. The summed E-state index contributed by atoms with van der Waals surface area (Å²) in [6.07, 6.45) is 14.0. The zero-order valence-corrected chi connectivity index (χ0v) is 22.1. The molecule has 0 bridgehead atoms. The number of carbonyl (C=O) groups is 1. The first-order valence-electron chi connectivity index (χ1n) is 13.6. The summed E-state index contributed by atoms with van der Waals surface area (Å²) in [6, 6.07) is 0. The first-order valence-corrected chi connectivity index (χ1v) is 13.6. The van der Waals surface area contributed by atoms with E-state index in [0.29, 0.717) is 40.8 Å². The van der Waals surface area contributed by atoms with Gasteiger partial charge in [0, 0.05) is 5.41 Å². The third-order valence-corrected chi connectivity index (χ3v) is 13.1. The highest BCUT2D eigenvalue weighted by Crippen LogP contribution is 2.77. The van der Waals surface area contributed by atoms with E-state index < -0.39 is 5.60 Å². The summed E-state index contributed by atoms with van der Waals surface area (Å²) < 4.78 is 0. The van der Waals surface area contributed by atoms with Crippen LogP contribution in [-0.4, -0.2) is 16.5 Å². The van der Waals surface area contributed by atoms with Gasteiger partial charge in [-0.15, -0.1) is 0 Å². The van der Waals surface area contributed by atoms with E-state index in [1.165, 1.54) is 51.4 Å². The second kappa shape index (κ2) is 6.52. The maximum Gasteiger partial charge on any atom is 0.161 e. The minimum atomic E-state index is -0.574. The molecule has 180 valence electrons. The molecule has 2 heteroatoms. The van der Waals surface area contributed by atoms with Crippen LogP contribution in [-0.2, 0) is 4.79 Å². The Labute approximate surface area is 197 Å². The standard InChI is InChI=1S/C30H48O2/c1-25(2)15-14-24(31)30(8)21(25)13-18-29(7)23(30)10-9-22-27(5)16-11-19(26(3,4)32)20(27)12-17-28(22,29)6/h14-15,19-23,32H,9-13,16-18H2,1-8H3. The van der Waals surface area contributed by atoms with Gasteiger partial charge in [-0.25, -0.2) is 0 Å². The Bertz CT molecular complexity index is 847. The maximum atomic E-state index is 13.6. The SMILES string of the molecule is CC(C)(O)C1CCC2(C)C1CCC1(C)C2CCC2C3(C)C(=O)C=CC(C)(C)C3CCC21C. The molecule has 4 fully saturated rings. The van der Waals surface area contributed by atoms with Crippen LogP contribution in [0.1, 0.15) is 107 Å². The van der Waals surface area contributed by atoms with Crippen LogP contribution in [0.4, 0.5) is 0 Å². The van der Waals surface area contributed by atoms with Crippen LogP contribution >= 0.6 is 0 Å². The van der Waals surface area contributed by atoms with Gasteiger partial charge in [0.05, 0.1) is 5.60 Å². The van der Waals surface area contributed by atoms with Gasteiger partial charge >= 0.3 is 0 Å². The zero-order valence-electron chi connectivity index (χ0n) is 22.1. The Kier molecular flexibility index (Phi) is 4.71. The van der Waals surface area contributed by atoms with Crippen molar-refractivity contribution < 1.29 is 9.90 Å². The van der Waals surface area contributed by atoms with Crippen LogP contribution in [0.25, 0.3) is 0 Å². The van der Waals surface area contributed by atoms with E-state index in [1.807, 2.05) is 19.9 Å². The maximum absolute atomic E-state index is 13.6. The summed E-state index contributed by atoms with van der Waals surface area (Å²) >= 11 is 0. The Morgan fingerprint density at radius 2 is 1.41 bits per heavy atom. The van der Waals surface area contributed by atoms with Gasteiger partial charge in [0.1, 0.15) is 0 Å². The van der Waals surface area contributed by atoms with Crippen molar-refractivity contribution in [3.63, 3.8) is 0 Å². The molecule has 1 N–H and O–H groups in total. The van der Waals surface area contributed by atoms with Gasteiger partial charge in [0.2, 0.25) is 0 Å². The normalized spacial score (nSPS) is 54.4. The third-order valence-electron chi connectivity index (χ3n) is 13.1. The van der Waals surface area contributed by atoms with Gasteiger partial charge in [-0.3, -0.25) is 4.79 Å². The van der Waals surface area contributed by atoms with Crippen LogP contribution in [0, 0.1) is 56.7 Å². The number of fused-ring (bicyclic) bond motifs is 7. The average Bonchev–Trinajstić information content (AvgIpc) is 3.03. The molecule has 0 amide bonds. The van der Waals surface area contributed by atoms with Crippen molar-refractivity contribution in [2.45, 2.75) is 112 Å². The minimum Gasteiger partial charge on any atom is -0.390 e. The first kappa shape index (κ1) is 23.1. The molecule has 0 aromatic heterocycles. The van der Waals surface area contributed by atoms with E-state index in [0.717, 1.165) is 0 Å². The predicted octanol–water partition coefficient (Wildman–Crippen LogP) is 7.20. The third kappa shape index (κ3) is 2.60. The molecule has 0 saturated heterocycles. The van der Waals surface area contributed by atoms with Crippen molar-refractivity contribution in [3.05, 3.63) is 12.2 Å². The topological polar surface area (TPSA) is 37.3 Å². The number of ketones is 1. The van der Waals surface area contributed by atoms with E-state index in [-0.39, 0.29) is 21.7 Å². The zero-order chi connectivity index (χ0) is 23.5. The molecule has 0 aliphatic heterocycles. The van der Waals surface area contributed by atoms with Crippen molar-refractivity contribution in [1.82, 2.24) is 0 Å². The van der Waals surface area contributed by atoms with E-state index in [4.69, 9.17) is 0 Å².